The average Bonchev–Trinajstić information content (AvgIpc) is 3.17. The highest BCUT2D eigenvalue weighted by atomic mass is 32.1. The number of aromatic amines is 1. The van der Waals surface area contributed by atoms with Gasteiger partial charge in [0.1, 0.15) is 15.3 Å². The van der Waals surface area contributed by atoms with E-state index in [1.54, 1.807) is 0 Å². The molecular weight excluding hydrogens is 296 g/mol. The zero-order valence-corrected chi connectivity index (χ0v) is 14.6. The van der Waals surface area contributed by atoms with Crippen molar-refractivity contribution >= 4 is 33.8 Å². The molecule has 0 bridgehead atoms. The molecule has 2 aromatic rings. The molecule has 0 aromatic carbocycles. The highest BCUT2D eigenvalue weighted by Gasteiger charge is 2.32. The van der Waals surface area contributed by atoms with Gasteiger partial charge in [0.25, 0.3) is 0 Å². The van der Waals surface area contributed by atoms with Crippen molar-refractivity contribution in [3.8, 4) is 0 Å². The van der Waals surface area contributed by atoms with Crippen molar-refractivity contribution in [2.45, 2.75) is 58.8 Å². The number of aromatic nitrogens is 2. The molecule has 0 saturated heterocycles. The Morgan fingerprint density at radius 1 is 1.24 bits per heavy atom. The third kappa shape index (κ3) is 2.36. The lowest BCUT2D eigenvalue weighted by Crippen LogP contribution is -2.26. The third-order valence-electron chi connectivity index (χ3n) is 5.13. The number of hydrogen-bond donors (Lipinski definition) is 1. The normalized spacial score (nSPS) is 22.5. The molecule has 0 radical (unpaired) electrons. The van der Waals surface area contributed by atoms with Crippen LogP contribution in [0.1, 0.15) is 62.2 Å². The lowest BCUT2D eigenvalue weighted by Gasteiger charge is -2.33. The second kappa shape index (κ2) is 4.63. The van der Waals surface area contributed by atoms with Crippen molar-refractivity contribution in [2.24, 2.45) is 11.3 Å². The molecule has 1 atom stereocenters. The van der Waals surface area contributed by atoms with Gasteiger partial charge in [0.05, 0.1) is 0 Å². The molecule has 1 fully saturated rings. The van der Waals surface area contributed by atoms with Gasteiger partial charge in [-0.25, -0.2) is 4.98 Å². The van der Waals surface area contributed by atoms with Gasteiger partial charge in [0.15, 0.2) is 0 Å². The summed E-state index contributed by atoms with van der Waals surface area (Å²) in [5.74, 6) is 2.54. The second-order valence-electron chi connectivity index (χ2n) is 7.72. The van der Waals surface area contributed by atoms with Gasteiger partial charge in [-0.2, -0.15) is 0 Å². The van der Waals surface area contributed by atoms with Crippen LogP contribution in [0.15, 0.2) is 0 Å². The van der Waals surface area contributed by atoms with Gasteiger partial charge in [-0.15, -0.1) is 11.3 Å². The number of fused-ring (bicyclic) bond motifs is 3. The molecular formula is C17H22N2S2. The fourth-order valence-electron chi connectivity index (χ4n) is 3.49. The Morgan fingerprint density at radius 3 is 2.67 bits per heavy atom. The van der Waals surface area contributed by atoms with E-state index in [1.165, 1.54) is 52.8 Å². The summed E-state index contributed by atoms with van der Waals surface area (Å²) in [4.78, 5) is 11.0. The lowest BCUT2D eigenvalue weighted by molar-refractivity contribution is 0.218. The van der Waals surface area contributed by atoms with E-state index in [-0.39, 0.29) is 0 Å². The molecule has 112 valence electrons. The van der Waals surface area contributed by atoms with Gasteiger partial charge in [-0.05, 0) is 49.0 Å². The predicted molar refractivity (Wildman–Crippen MR) is 91.7 cm³/mol. The van der Waals surface area contributed by atoms with Gasteiger partial charge in [0.2, 0.25) is 0 Å². The van der Waals surface area contributed by atoms with E-state index in [4.69, 9.17) is 17.2 Å². The molecule has 2 aliphatic carbocycles. The summed E-state index contributed by atoms with van der Waals surface area (Å²) in [6, 6.07) is 0. The Hall–Kier alpha value is -0.740. The fraction of sp³-hybridized carbons (Fsp3) is 0.647. The Balaban J connectivity index is 1.81. The van der Waals surface area contributed by atoms with Gasteiger partial charge in [-0.1, -0.05) is 33.0 Å². The summed E-state index contributed by atoms with van der Waals surface area (Å²) < 4.78 is 0.925. The summed E-state index contributed by atoms with van der Waals surface area (Å²) in [5, 5.41) is 1.25. The van der Waals surface area contributed by atoms with Crippen LogP contribution in [0, 0.1) is 16.0 Å². The van der Waals surface area contributed by atoms with Crippen LogP contribution in [0.3, 0.4) is 0 Å². The lowest BCUT2D eigenvalue weighted by atomic mass is 9.72. The van der Waals surface area contributed by atoms with E-state index in [2.05, 4.69) is 25.8 Å². The minimum absolute atomic E-state index is 0.392. The maximum Gasteiger partial charge on any atom is 0.128 e. The molecule has 2 aromatic heterocycles. The standard InChI is InChI=1S/C17H22N2S2/c1-17(2,3)10-6-7-11-12(8-10)21-16-13(11)15(20)18-14(19-16)9-4-5-9/h9-10H,4-8H2,1-3H3,(H,18,19,20)/t10-/m0/s1. The Labute approximate surface area is 135 Å². The maximum absolute atomic E-state index is 5.64. The monoisotopic (exact) mass is 318 g/mol. The third-order valence-corrected chi connectivity index (χ3v) is 6.58. The number of nitrogens with zero attached hydrogens (tertiary/aromatic N) is 1. The van der Waals surface area contributed by atoms with Crippen LogP contribution in [0.5, 0.6) is 0 Å². The van der Waals surface area contributed by atoms with E-state index in [9.17, 15) is 0 Å². The van der Waals surface area contributed by atoms with E-state index >= 15 is 0 Å². The van der Waals surface area contributed by atoms with Gasteiger partial charge in [-0.3, -0.25) is 0 Å². The smallest absolute Gasteiger partial charge is 0.128 e. The fourth-order valence-corrected chi connectivity index (χ4v) is 5.20. The first-order valence-electron chi connectivity index (χ1n) is 7.98. The number of hydrogen-bond acceptors (Lipinski definition) is 3. The molecule has 0 unspecified atom stereocenters. The number of aryl methyl sites for hydroxylation is 1. The highest BCUT2D eigenvalue weighted by molar-refractivity contribution is 7.71. The first-order chi connectivity index (χ1) is 9.93. The van der Waals surface area contributed by atoms with Crippen molar-refractivity contribution < 1.29 is 0 Å². The summed E-state index contributed by atoms with van der Waals surface area (Å²) in [6.45, 7) is 7.10. The number of H-pyrrole nitrogens is 1. The van der Waals surface area contributed by atoms with E-state index < -0.39 is 0 Å². The molecule has 0 amide bonds. The number of nitrogens with one attached hydrogen (secondary N) is 1. The van der Waals surface area contributed by atoms with Crippen LogP contribution in [0.2, 0.25) is 0 Å². The van der Waals surface area contributed by atoms with Crippen molar-refractivity contribution in [3.05, 3.63) is 20.9 Å². The maximum atomic E-state index is 5.64. The van der Waals surface area contributed by atoms with Gasteiger partial charge >= 0.3 is 0 Å². The van der Waals surface area contributed by atoms with E-state index in [0.717, 1.165) is 16.4 Å². The molecule has 4 heteroatoms. The zero-order chi connectivity index (χ0) is 14.8. The summed E-state index contributed by atoms with van der Waals surface area (Å²) in [6.07, 6.45) is 6.18. The minimum Gasteiger partial charge on any atom is -0.334 e. The van der Waals surface area contributed by atoms with Crippen LogP contribution in [-0.4, -0.2) is 9.97 Å². The molecule has 0 aliphatic heterocycles. The summed E-state index contributed by atoms with van der Waals surface area (Å²) in [7, 11) is 0. The Morgan fingerprint density at radius 2 is 2.00 bits per heavy atom. The molecule has 0 spiro atoms. The van der Waals surface area contributed by atoms with Crippen LogP contribution in [0.25, 0.3) is 10.2 Å². The number of thiophene rings is 1. The summed E-state index contributed by atoms with van der Waals surface area (Å²) >= 11 is 7.54. The van der Waals surface area contributed by atoms with Gasteiger partial charge in [0, 0.05) is 16.2 Å². The van der Waals surface area contributed by atoms with Crippen LogP contribution in [-0.2, 0) is 12.8 Å². The second-order valence-corrected chi connectivity index (χ2v) is 9.21. The molecule has 4 rings (SSSR count). The molecule has 1 saturated carbocycles. The SMILES string of the molecule is CC(C)(C)[C@H]1CCc2c(sc3nc(C4CC4)[nH]c(=S)c23)C1. The van der Waals surface area contributed by atoms with Crippen molar-refractivity contribution in [2.75, 3.05) is 0 Å². The van der Waals surface area contributed by atoms with E-state index in [0.29, 0.717) is 11.3 Å². The van der Waals surface area contributed by atoms with Gasteiger partial charge < -0.3 is 4.98 Å². The molecule has 2 aliphatic rings. The van der Waals surface area contributed by atoms with Crippen molar-refractivity contribution in [3.63, 3.8) is 0 Å². The molecule has 21 heavy (non-hydrogen) atoms. The largest absolute Gasteiger partial charge is 0.334 e. The van der Waals surface area contributed by atoms with Crippen LogP contribution >= 0.6 is 23.6 Å². The first-order valence-corrected chi connectivity index (χ1v) is 9.20. The van der Waals surface area contributed by atoms with Crippen LogP contribution in [0.4, 0.5) is 0 Å². The number of rotatable bonds is 1. The average molecular weight is 319 g/mol. The van der Waals surface area contributed by atoms with E-state index in [1.807, 2.05) is 11.3 Å². The molecule has 2 heterocycles. The molecule has 1 N–H and O–H groups in total. The topological polar surface area (TPSA) is 28.7 Å². The minimum atomic E-state index is 0.392. The van der Waals surface area contributed by atoms with Crippen molar-refractivity contribution in [1.82, 2.24) is 9.97 Å². The first kappa shape index (κ1) is 13.9. The highest BCUT2D eigenvalue weighted by Crippen LogP contribution is 2.44. The zero-order valence-electron chi connectivity index (χ0n) is 13.0. The van der Waals surface area contributed by atoms with Crippen molar-refractivity contribution in [1.29, 1.82) is 0 Å². The summed E-state index contributed by atoms with van der Waals surface area (Å²) in [5.41, 5.74) is 1.88. The Kier molecular flexibility index (Phi) is 3.06. The Bertz CT molecular complexity index is 759. The molecule has 2 nitrogen and oxygen atoms in total. The van der Waals surface area contributed by atoms with Crippen LogP contribution < -0.4 is 0 Å². The quantitative estimate of drug-likeness (QED) is 0.715. The predicted octanol–water partition coefficient (Wildman–Crippen LogP) is 5.38.